The standard InChI is InChI=1S/C27H33N3O2S/c1-20(2)16-30(27(32)28-25-13-12-21(3)15-22(25)4)19-26(31)29(18-24-11-8-14-33-24)17-23-9-6-5-7-10-23/h5-15,20H,16-19H2,1-4H3,(H,28,32). The molecule has 3 amide bonds. The fourth-order valence-electron chi connectivity index (χ4n) is 3.70. The van der Waals surface area contributed by atoms with Gasteiger partial charge in [-0.2, -0.15) is 0 Å². The number of hydrogen-bond acceptors (Lipinski definition) is 3. The molecule has 33 heavy (non-hydrogen) atoms. The minimum Gasteiger partial charge on any atom is -0.332 e. The third-order valence-electron chi connectivity index (χ3n) is 5.32. The number of thiophene rings is 1. The van der Waals surface area contributed by atoms with Crippen molar-refractivity contribution in [3.05, 3.63) is 87.6 Å². The Morgan fingerprint density at radius 3 is 2.33 bits per heavy atom. The Morgan fingerprint density at radius 2 is 1.70 bits per heavy atom. The molecule has 1 heterocycles. The molecule has 0 radical (unpaired) electrons. The van der Waals surface area contributed by atoms with Gasteiger partial charge < -0.3 is 15.1 Å². The zero-order valence-electron chi connectivity index (χ0n) is 19.9. The van der Waals surface area contributed by atoms with Crippen molar-refractivity contribution in [3.8, 4) is 0 Å². The number of amides is 3. The van der Waals surface area contributed by atoms with Crippen LogP contribution in [-0.2, 0) is 17.9 Å². The summed E-state index contributed by atoms with van der Waals surface area (Å²) >= 11 is 1.63. The van der Waals surface area contributed by atoms with Crippen LogP contribution >= 0.6 is 11.3 Å². The monoisotopic (exact) mass is 463 g/mol. The number of nitrogens with zero attached hydrogens (tertiary/aromatic N) is 2. The van der Waals surface area contributed by atoms with Crippen molar-refractivity contribution in [2.45, 2.75) is 40.8 Å². The Kier molecular flexibility index (Phi) is 8.66. The van der Waals surface area contributed by atoms with Gasteiger partial charge in [0.25, 0.3) is 0 Å². The van der Waals surface area contributed by atoms with E-state index in [2.05, 4.69) is 19.2 Å². The molecule has 0 bridgehead atoms. The van der Waals surface area contributed by atoms with Crippen molar-refractivity contribution >= 4 is 29.0 Å². The van der Waals surface area contributed by atoms with Gasteiger partial charge in [0.05, 0.1) is 6.54 Å². The van der Waals surface area contributed by atoms with Crippen molar-refractivity contribution < 1.29 is 9.59 Å². The van der Waals surface area contributed by atoms with Crippen LogP contribution in [0.25, 0.3) is 0 Å². The molecule has 0 spiro atoms. The maximum Gasteiger partial charge on any atom is 0.322 e. The average molecular weight is 464 g/mol. The van der Waals surface area contributed by atoms with Gasteiger partial charge in [0.2, 0.25) is 5.91 Å². The summed E-state index contributed by atoms with van der Waals surface area (Å²) < 4.78 is 0. The summed E-state index contributed by atoms with van der Waals surface area (Å²) in [5.41, 5.74) is 3.98. The van der Waals surface area contributed by atoms with Gasteiger partial charge in [-0.3, -0.25) is 4.79 Å². The minimum absolute atomic E-state index is 0.0349. The molecule has 0 aliphatic carbocycles. The molecular weight excluding hydrogens is 430 g/mol. The predicted molar refractivity (Wildman–Crippen MR) is 136 cm³/mol. The van der Waals surface area contributed by atoms with Gasteiger partial charge in [-0.1, -0.05) is 67.9 Å². The highest BCUT2D eigenvalue weighted by Crippen LogP contribution is 2.18. The predicted octanol–water partition coefficient (Wildman–Crippen LogP) is 6.08. The first-order valence-electron chi connectivity index (χ1n) is 11.3. The molecule has 3 rings (SSSR count). The van der Waals surface area contributed by atoms with Crippen molar-refractivity contribution in [1.82, 2.24) is 9.80 Å². The first-order valence-corrected chi connectivity index (χ1v) is 12.2. The number of carbonyl (C=O) groups is 2. The highest BCUT2D eigenvalue weighted by atomic mass is 32.1. The molecule has 0 saturated carbocycles. The lowest BCUT2D eigenvalue weighted by atomic mass is 10.1. The lowest BCUT2D eigenvalue weighted by Crippen LogP contribution is -2.45. The summed E-state index contributed by atoms with van der Waals surface area (Å²) in [5.74, 6) is 0.172. The van der Waals surface area contributed by atoms with Gasteiger partial charge in [-0.15, -0.1) is 11.3 Å². The van der Waals surface area contributed by atoms with Gasteiger partial charge in [-0.25, -0.2) is 4.79 Å². The van der Waals surface area contributed by atoms with Crippen LogP contribution < -0.4 is 5.32 Å². The van der Waals surface area contributed by atoms with E-state index in [0.717, 1.165) is 27.3 Å². The highest BCUT2D eigenvalue weighted by molar-refractivity contribution is 7.09. The van der Waals surface area contributed by atoms with E-state index in [4.69, 9.17) is 0 Å². The van der Waals surface area contributed by atoms with E-state index >= 15 is 0 Å². The molecular formula is C27H33N3O2S. The summed E-state index contributed by atoms with van der Waals surface area (Å²) in [5, 5.41) is 5.02. The second kappa shape index (κ2) is 11.7. The van der Waals surface area contributed by atoms with E-state index in [1.54, 1.807) is 16.2 Å². The molecule has 0 aliphatic heterocycles. The van der Waals surface area contributed by atoms with Crippen molar-refractivity contribution in [3.63, 3.8) is 0 Å². The zero-order chi connectivity index (χ0) is 23.8. The van der Waals surface area contributed by atoms with Gasteiger partial charge in [0.15, 0.2) is 0 Å². The third-order valence-corrected chi connectivity index (χ3v) is 6.18. The Morgan fingerprint density at radius 1 is 0.939 bits per heavy atom. The lowest BCUT2D eigenvalue weighted by molar-refractivity contribution is -0.133. The van der Waals surface area contributed by atoms with Crippen LogP contribution in [0.4, 0.5) is 10.5 Å². The molecule has 3 aromatic rings. The number of rotatable bonds is 9. The van der Waals surface area contributed by atoms with Gasteiger partial charge in [0, 0.05) is 23.7 Å². The number of aryl methyl sites for hydroxylation is 2. The molecule has 0 fully saturated rings. The van der Waals surface area contributed by atoms with Crippen LogP contribution in [0.3, 0.4) is 0 Å². The van der Waals surface area contributed by atoms with Crippen molar-refractivity contribution in [2.24, 2.45) is 5.92 Å². The molecule has 6 heteroatoms. The van der Waals surface area contributed by atoms with Crippen LogP contribution in [0.5, 0.6) is 0 Å². The number of carbonyl (C=O) groups excluding carboxylic acids is 2. The van der Waals surface area contributed by atoms with E-state index in [0.29, 0.717) is 19.6 Å². The normalized spacial score (nSPS) is 10.8. The van der Waals surface area contributed by atoms with Crippen LogP contribution in [-0.4, -0.2) is 34.8 Å². The number of anilines is 1. The van der Waals surface area contributed by atoms with Gasteiger partial charge in [-0.05, 0) is 48.4 Å². The lowest BCUT2D eigenvalue weighted by Gasteiger charge is -2.29. The molecule has 2 aromatic carbocycles. The van der Waals surface area contributed by atoms with Crippen molar-refractivity contribution in [1.29, 1.82) is 0 Å². The van der Waals surface area contributed by atoms with E-state index in [9.17, 15) is 9.59 Å². The van der Waals surface area contributed by atoms with Crippen molar-refractivity contribution in [2.75, 3.05) is 18.4 Å². The van der Waals surface area contributed by atoms with Crippen LogP contribution in [0.1, 0.15) is 35.4 Å². The highest BCUT2D eigenvalue weighted by Gasteiger charge is 2.23. The first kappa shape index (κ1) is 24.5. The third kappa shape index (κ3) is 7.46. The molecule has 1 N–H and O–H groups in total. The number of nitrogens with one attached hydrogen (secondary N) is 1. The van der Waals surface area contributed by atoms with E-state index in [1.165, 1.54) is 0 Å². The summed E-state index contributed by atoms with van der Waals surface area (Å²) in [4.78, 5) is 31.2. The molecule has 0 atom stereocenters. The Labute approximate surface area is 201 Å². The van der Waals surface area contributed by atoms with E-state index < -0.39 is 0 Å². The maximum atomic E-state index is 13.4. The molecule has 174 valence electrons. The second-order valence-electron chi connectivity index (χ2n) is 8.84. The van der Waals surface area contributed by atoms with Gasteiger partial charge >= 0.3 is 6.03 Å². The largest absolute Gasteiger partial charge is 0.332 e. The molecule has 1 aromatic heterocycles. The van der Waals surface area contributed by atoms with E-state index in [-0.39, 0.29) is 24.4 Å². The topological polar surface area (TPSA) is 52.7 Å². The van der Waals surface area contributed by atoms with E-state index in [1.807, 2.05) is 84.8 Å². The fourth-order valence-corrected chi connectivity index (χ4v) is 4.42. The Bertz CT molecular complexity index is 1050. The molecule has 0 saturated heterocycles. The quantitative estimate of drug-likeness (QED) is 0.418. The Balaban J connectivity index is 1.76. The first-order chi connectivity index (χ1) is 15.8. The summed E-state index contributed by atoms with van der Waals surface area (Å²) in [6.07, 6.45) is 0. The average Bonchev–Trinajstić information content (AvgIpc) is 3.28. The zero-order valence-corrected chi connectivity index (χ0v) is 20.7. The Hall–Kier alpha value is -3.12. The SMILES string of the molecule is Cc1ccc(NC(=O)N(CC(=O)N(Cc2ccccc2)Cc2cccs2)CC(C)C)c(C)c1. The van der Waals surface area contributed by atoms with Crippen LogP contribution in [0.2, 0.25) is 0 Å². The maximum absolute atomic E-state index is 13.4. The fraction of sp³-hybridized carbons (Fsp3) is 0.333. The minimum atomic E-state index is -0.250. The van der Waals surface area contributed by atoms with Gasteiger partial charge in [0.1, 0.15) is 6.54 Å². The number of urea groups is 1. The number of benzene rings is 2. The molecule has 0 aliphatic rings. The summed E-state index contributed by atoms with van der Waals surface area (Å²) in [6, 6.07) is 19.7. The smallest absolute Gasteiger partial charge is 0.322 e. The summed E-state index contributed by atoms with van der Waals surface area (Å²) in [7, 11) is 0. The van der Waals surface area contributed by atoms with Crippen LogP contribution in [0.15, 0.2) is 66.0 Å². The van der Waals surface area contributed by atoms with Crippen LogP contribution in [0, 0.1) is 19.8 Å². The number of hydrogen-bond donors (Lipinski definition) is 1. The second-order valence-corrected chi connectivity index (χ2v) is 9.87. The summed E-state index contributed by atoms with van der Waals surface area (Å²) in [6.45, 7) is 9.67. The molecule has 5 nitrogen and oxygen atoms in total. The molecule has 0 unspecified atom stereocenters.